The Morgan fingerprint density at radius 1 is 0.889 bits per heavy atom. The first-order chi connectivity index (χ1) is 21.8. The molecule has 2 aromatic rings. The molecule has 45 heavy (non-hydrogen) atoms. The van der Waals surface area contributed by atoms with E-state index in [1.807, 2.05) is 31.2 Å². The second kappa shape index (κ2) is 17.5. The van der Waals surface area contributed by atoms with Crippen LogP contribution in [0.25, 0.3) is 0 Å². The third-order valence-corrected chi connectivity index (χ3v) is 9.34. The van der Waals surface area contributed by atoms with Gasteiger partial charge in [0, 0.05) is 18.6 Å². The zero-order valence-electron chi connectivity index (χ0n) is 26.7. The lowest BCUT2D eigenvalue weighted by Gasteiger charge is -2.35. The number of nitrogens with zero attached hydrogens (tertiary/aromatic N) is 1. The van der Waals surface area contributed by atoms with Crippen LogP contribution in [0.15, 0.2) is 42.5 Å². The van der Waals surface area contributed by atoms with Crippen LogP contribution in [0.2, 0.25) is 5.02 Å². The van der Waals surface area contributed by atoms with E-state index in [4.69, 9.17) is 16.3 Å². The highest BCUT2D eigenvalue weighted by atomic mass is 35.5. The number of ether oxygens (including phenoxy) is 1. The second-order valence-electron chi connectivity index (χ2n) is 12.4. The number of para-hydroxylation sites is 1. The molecule has 2 aliphatic heterocycles. The summed E-state index contributed by atoms with van der Waals surface area (Å²) in [6.07, 6.45) is 9.57. The van der Waals surface area contributed by atoms with Crippen molar-refractivity contribution in [2.45, 2.75) is 89.3 Å². The predicted molar refractivity (Wildman–Crippen MR) is 176 cm³/mol. The highest BCUT2D eigenvalue weighted by Crippen LogP contribution is 2.33. The van der Waals surface area contributed by atoms with Crippen LogP contribution in [0.3, 0.4) is 0 Å². The molecule has 3 amide bonds. The molecule has 1 saturated carbocycles. The number of aryl methyl sites for hydroxylation is 3. The van der Waals surface area contributed by atoms with E-state index < -0.39 is 24.6 Å². The van der Waals surface area contributed by atoms with Gasteiger partial charge in [-0.05, 0) is 87.6 Å². The molecule has 4 N–H and O–H groups in total. The average Bonchev–Trinajstić information content (AvgIpc) is 3.06. The van der Waals surface area contributed by atoms with E-state index >= 15 is 0 Å². The Kier molecular flexibility index (Phi) is 13.5. The number of hydrogen-bond acceptors (Lipinski definition) is 6. The highest BCUT2D eigenvalue weighted by molar-refractivity contribution is 6.30. The summed E-state index contributed by atoms with van der Waals surface area (Å²) in [7, 11) is 1.56. The van der Waals surface area contributed by atoms with Gasteiger partial charge in [0.05, 0.1) is 19.2 Å². The summed E-state index contributed by atoms with van der Waals surface area (Å²) >= 11 is 5.61. The van der Waals surface area contributed by atoms with E-state index in [9.17, 15) is 19.5 Å². The number of fused-ring (bicyclic) bond motifs is 1. The number of carbonyl (C=O) groups is 3. The van der Waals surface area contributed by atoms with Crippen molar-refractivity contribution in [3.63, 3.8) is 0 Å². The molecular weight excluding hydrogens is 592 g/mol. The number of likely N-dealkylation sites (N-methyl/N-ethyl adjacent to an activating group) is 1. The molecule has 2 heterocycles. The van der Waals surface area contributed by atoms with Gasteiger partial charge in [0.1, 0.15) is 17.9 Å². The van der Waals surface area contributed by atoms with Crippen LogP contribution in [0.4, 0.5) is 0 Å². The van der Waals surface area contributed by atoms with Gasteiger partial charge in [-0.2, -0.15) is 0 Å². The number of amides is 3. The van der Waals surface area contributed by atoms with Crippen LogP contribution in [0.5, 0.6) is 5.75 Å². The minimum atomic E-state index is -1.05. The summed E-state index contributed by atoms with van der Waals surface area (Å²) in [6.45, 7) is 2.45. The van der Waals surface area contributed by atoms with Gasteiger partial charge in [0.15, 0.2) is 0 Å². The average molecular weight is 641 g/mol. The first-order valence-electron chi connectivity index (χ1n) is 16.4. The fourth-order valence-electron chi connectivity index (χ4n) is 6.39. The molecule has 1 fully saturated rings. The van der Waals surface area contributed by atoms with Gasteiger partial charge < -0.3 is 30.7 Å². The van der Waals surface area contributed by atoms with E-state index in [0.717, 1.165) is 74.1 Å². The first kappa shape index (κ1) is 34.7. The molecule has 3 aliphatic rings. The quantitative estimate of drug-likeness (QED) is 0.395. The van der Waals surface area contributed by atoms with E-state index in [0.29, 0.717) is 13.1 Å². The topological polar surface area (TPSA) is 120 Å². The van der Waals surface area contributed by atoms with Crippen molar-refractivity contribution in [3.8, 4) is 5.75 Å². The molecule has 3 atom stereocenters. The Hall–Kier alpha value is -3.14. The van der Waals surface area contributed by atoms with Crippen LogP contribution in [-0.2, 0) is 27.2 Å². The SMILES string of the molecule is CN1C(=O)C(C2CCCCC2)NCCC2CCc3cccc(c3O2)CCCNC(=O)CNC(=O)C1CO.Cc1ccc(Cl)cc1. The lowest BCUT2D eigenvalue weighted by Crippen LogP contribution is -2.57. The Balaban J connectivity index is 0.000000501. The number of benzene rings is 2. The lowest BCUT2D eigenvalue weighted by molar-refractivity contribution is -0.143. The maximum atomic E-state index is 13.6. The first-order valence-corrected chi connectivity index (χ1v) is 16.8. The second-order valence-corrected chi connectivity index (χ2v) is 12.9. The van der Waals surface area contributed by atoms with E-state index in [1.54, 1.807) is 7.05 Å². The monoisotopic (exact) mass is 640 g/mol. The summed E-state index contributed by atoms with van der Waals surface area (Å²) < 4.78 is 6.47. The molecule has 5 rings (SSSR count). The molecule has 1 aliphatic carbocycles. The molecular formula is C35H49ClN4O5. The van der Waals surface area contributed by atoms with Crippen molar-refractivity contribution >= 4 is 29.3 Å². The lowest BCUT2D eigenvalue weighted by atomic mass is 9.83. The number of halogens is 1. The van der Waals surface area contributed by atoms with Gasteiger partial charge in [0.2, 0.25) is 17.7 Å². The van der Waals surface area contributed by atoms with Gasteiger partial charge >= 0.3 is 0 Å². The maximum absolute atomic E-state index is 13.6. The normalized spacial score (nSPS) is 24.0. The van der Waals surface area contributed by atoms with Crippen LogP contribution in [0, 0.1) is 12.8 Å². The molecule has 0 spiro atoms. The summed E-state index contributed by atoms with van der Waals surface area (Å²) in [5.74, 6) is 0.131. The number of carbonyl (C=O) groups excluding carboxylic acids is 3. The molecule has 0 radical (unpaired) electrons. The Labute approximate surface area is 272 Å². The number of nitrogens with one attached hydrogen (secondary N) is 3. The molecule has 246 valence electrons. The van der Waals surface area contributed by atoms with Crippen LogP contribution in [-0.4, -0.2) is 79.2 Å². The van der Waals surface area contributed by atoms with Crippen molar-refractivity contribution in [1.82, 2.24) is 20.9 Å². The van der Waals surface area contributed by atoms with Crippen molar-refractivity contribution in [1.29, 1.82) is 0 Å². The van der Waals surface area contributed by atoms with E-state index in [2.05, 4.69) is 34.1 Å². The number of aliphatic hydroxyl groups is 1. The highest BCUT2D eigenvalue weighted by Gasteiger charge is 2.36. The molecule has 10 heteroatoms. The van der Waals surface area contributed by atoms with Crippen LogP contribution >= 0.6 is 11.6 Å². The fraction of sp³-hybridized carbons (Fsp3) is 0.571. The molecule has 9 nitrogen and oxygen atoms in total. The number of rotatable bonds is 2. The van der Waals surface area contributed by atoms with Gasteiger partial charge in [-0.25, -0.2) is 0 Å². The minimum Gasteiger partial charge on any atom is -0.490 e. The summed E-state index contributed by atoms with van der Waals surface area (Å²) in [5, 5.41) is 19.7. The third kappa shape index (κ3) is 10.2. The van der Waals surface area contributed by atoms with Crippen molar-refractivity contribution < 1.29 is 24.2 Å². The van der Waals surface area contributed by atoms with Crippen molar-refractivity contribution in [3.05, 3.63) is 64.2 Å². The van der Waals surface area contributed by atoms with E-state index in [1.165, 1.54) is 22.4 Å². The Morgan fingerprint density at radius 2 is 1.60 bits per heavy atom. The summed E-state index contributed by atoms with van der Waals surface area (Å²) in [5.41, 5.74) is 3.62. The standard InChI is InChI=1S/C28H42N4O5.C7H7Cl/c1-32-23(18-33)27(35)31-17-24(34)29-15-6-11-20-9-5-10-21-12-13-22(37-26(20)21)14-16-30-25(28(32)36)19-7-3-2-4-8-19;1-6-2-4-7(8)5-3-6/h5,9-10,19,22-23,25,30,33H,2-4,6-8,11-18H2,1H3,(H,29,34)(H,31,35);2-5H,1H3. The Morgan fingerprint density at radius 3 is 2.29 bits per heavy atom. The summed E-state index contributed by atoms with van der Waals surface area (Å²) in [4.78, 5) is 40.1. The molecule has 3 unspecified atom stereocenters. The predicted octanol–water partition coefficient (Wildman–Crippen LogP) is 3.96. The van der Waals surface area contributed by atoms with E-state index in [-0.39, 0.29) is 30.4 Å². The van der Waals surface area contributed by atoms with Gasteiger partial charge in [0.25, 0.3) is 0 Å². The van der Waals surface area contributed by atoms with Gasteiger partial charge in [-0.15, -0.1) is 0 Å². The zero-order chi connectivity index (χ0) is 32.2. The largest absolute Gasteiger partial charge is 0.490 e. The van der Waals surface area contributed by atoms with Crippen molar-refractivity contribution in [2.24, 2.45) is 5.92 Å². The van der Waals surface area contributed by atoms with Gasteiger partial charge in [-0.3, -0.25) is 14.4 Å². The summed E-state index contributed by atoms with van der Waals surface area (Å²) in [6, 6.07) is 12.6. The van der Waals surface area contributed by atoms with Crippen LogP contribution < -0.4 is 20.7 Å². The fourth-order valence-corrected chi connectivity index (χ4v) is 6.52. The Bertz CT molecular complexity index is 1250. The maximum Gasteiger partial charge on any atom is 0.245 e. The number of aliphatic hydroxyl groups excluding tert-OH is 1. The van der Waals surface area contributed by atoms with Crippen LogP contribution in [0.1, 0.15) is 68.1 Å². The van der Waals surface area contributed by atoms with Crippen molar-refractivity contribution in [2.75, 3.05) is 33.3 Å². The smallest absolute Gasteiger partial charge is 0.245 e. The number of hydrogen-bond donors (Lipinski definition) is 4. The molecule has 0 aromatic heterocycles. The third-order valence-electron chi connectivity index (χ3n) is 9.09. The molecule has 2 bridgehead atoms. The minimum absolute atomic E-state index is 0.0683. The molecule has 0 saturated heterocycles. The zero-order valence-corrected chi connectivity index (χ0v) is 27.4. The molecule has 2 aromatic carbocycles. The van der Waals surface area contributed by atoms with Gasteiger partial charge in [-0.1, -0.05) is 66.8 Å².